The fourth-order valence-electron chi connectivity index (χ4n) is 5.68. The largest absolute Gasteiger partial charge is 0.444 e. The third-order valence-electron chi connectivity index (χ3n) is 7.82. The Labute approximate surface area is 256 Å². The normalized spacial score (nSPS) is 17.1. The maximum atomic E-state index is 14.3. The van der Waals surface area contributed by atoms with Crippen LogP contribution in [0.1, 0.15) is 48.7 Å². The van der Waals surface area contributed by atoms with Crippen molar-refractivity contribution in [2.24, 2.45) is 0 Å². The van der Waals surface area contributed by atoms with Gasteiger partial charge in [0.1, 0.15) is 12.3 Å². The zero-order chi connectivity index (χ0) is 30.3. The van der Waals surface area contributed by atoms with Gasteiger partial charge in [-0.05, 0) is 52.4 Å². The molecular weight excluding hydrogens is 556 g/mol. The molecule has 0 radical (unpaired) electrons. The first-order valence-corrected chi connectivity index (χ1v) is 14.8. The average molecular weight is 591 g/mol. The van der Waals surface area contributed by atoms with E-state index in [-0.39, 0.29) is 18.8 Å². The maximum absolute atomic E-state index is 14.3. The molecule has 4 aromatic rings. The van der Waals surface area contributed by atoms with E-state index in [1.54, 1.807) is 12.1 Å². The van der Waals surface area contributed by atoms with E-state index < -0.39 is 23.7 Å². The number of hydrogen-bond donors (Lipinski definition) is 1. The number of benzene rings is 3. The second kappa shape index (κ2) is 13.7. The summed E-state index contributed by atoms with van der Waals surface area (Å²) < 4.78 is 10.9. The number of amides is 1. The third kappa shape index (κ3) is 7.08. The van der Waals surface area contributed by atoms with Gasteiger partial charge in [0.15, 0.2) is 11.8 Å². The fourth-order valence-corrected chi connectivity index (χ4v) is 5.68. The van der Waals surface area contributed by atoms with E-state index in [9.17, 15) is 14.4 Å². The molecule has 1 N–H and O–H groups in total. The number of hydrogen-bond acceptors (Lipinski definition) is 8. The molecule has 3 aromatic carbocycles. The molecule has 1 saturated heterocycles. The Morgan fingerprint density at radius 3 is 2.32 bits per heavy atom. The van der Waals surface area contributed by atoms with Gasteiger partial charge in [0.05, 0.1) is 13.2 Å². The van der Waals surface area contributed by atoms with Gasteiger partial charge in [0, 0.05) is 37.9 Å². The van der Waals surface area contributed by atoms with Crippen molar-refractivity contribution in [2.75, 3.05) is 26.3 Å². The van der Waals surface area contributed by atoms with Crippen LogP contribution in [0.3, 0.4) is 0 Å². The number of nitrogens with zero attached hydrogens (tertiary/aromatic N) is 3. The van der Waals surface area contributed by atoms with Crippen LogP contribution in [0.4, 0.5) is 4.79 Å². The summed E-state index contributed by atoms with van der Waals surface area (Å²) in [5.74, 6) is -0.879. The highest BCUT2D eigenvalue weighted by Crippen LogP contribution is 2.25. The van der Waals surface area contributed by atoms with Crippen molar-refractivity contribution in [1.29, 1.82) is 0 Å². The summed E-state index contributed by atoms with van der Waals surface area (Å²) in [6.45, 7) is 3.77. The molecule has 1 fully saturated rings. The number of Topliss-reactive ketones (excluding diaryl/α,β-unsaturated/α-hetero) is 2. The molecular formula is C35H34N4O5. The summed E-state index contributed by atoms with van der Waals surface area (Å²) in [5.41, 5.74) is 7.82. The van der Waals surface area contributed by atoms with E-state index in [4.69, 9.17) is 9.47 Å². The van der Waals surface area contributed by atoms with E-state index in [0.29, 0.717) is 37.3 Å². The first-order chi connectivity index (χ1) is 21.5. The third-order valence-corrected chi connectivity index (χ3v) is 7.82. The minimum Gasteiger partial charge on any atom is -0.444 e. The Bertz CT molecular complexity index is 1620. The molecule has 44 heavy (non-hydrogen) atoms. The Kier molecular flexibility index (Phi) is 9.17. The van der Waals surface area contributed by atoms with Gasteiger partial charge in [-0.2, -0.15) is 5.01 Å². The molecule has 0 aliphatic carbocycles. The van der Waals surface area contributed by atoms with Crippen molar-refractivity contribution in [1.82, 2.24) is 20.3 Å². The summed E-state index contributed by atoms with van der Waals surface area (Å²) in [7, 11) is 0. The maximum Gasteiger partial charge on any atom is 0.422 e. The molecule has 9 heteroatoms. The van der Waals surface area contributed by atoms with Crippen molar-refractivity contribution >= 4 is 17.7 Å². The van der Waals surface area contributed by atoms with Gasteiger partial charge in [0.25, 0.3) is 0 Å². The molecule has 0 bridgehead atoms. The molecule has 0 spiro atoms. The van der Waals surface area contributed by atoms with Crippen LogP contribution in [0.5, 0.6) is 0 Å². The Hall–Kier alpha value is -4.70. The number of pyridine rings is 1. The Balaban J connectivity index is 1.30. The molecule has 9 nitrogen and oxygen atoms in total. The zero-order valence-corrected chi connectivity index (χ0v) is 24.4. The van der Waals surface area contributed by atoms with E-state index in [1.165, 1.54) is 11.2 Å². The van der Waals surface area contributed by atoms with Gasteiger partial charge in [-0.1, -0.05) is 72.8 Å². The average Bonchev–Trinajstić information content (AvgIpc) is 3.05. The van der Waals surface area contributed by atoms with Gasteiger partial charge < -0.3 is 9.47 Å². The molecule has 0 saturated carbocycles. The molecule has 1 aromatic heterocycles. The Morgan fingerprint density at radius 2 is 1.57 bits per heavy atom. The number of nitrogens with one attached hydrogen (secondary N) is 1. The van der Waals surface area contributed by atoms with Crippen LogP contribution >= 0.6 is 0 Å². The van der Waals surface area contributed by atoms with Crippen LogP contribution < -0.4 is 5.43 Å². The van der Waals surface area contributed by atoms with E-state index in [1.807, 2.05) is 60.7 Å². The van der Waals surface area contributed by atoms with Crippen molar-refractivity contribution in [2.45, 2.75) is 32.2 Å². The number of ether oxygens (including phenoxy) is 2. The van der Waals surface area contributed by atoms with Crippen LogP contribution in [0.2, 0.25) is 0 Å². The predicted molar refractivity (Wildman–Crippen MR) is 164 cm³/mol. The van der Waals surface area contributed by atoms with Gasteiger partial charge in [0.2, 0.25) is 5.78 Å². The second-order valence-electron chi connectivity index (χ2n) is 11.0. The first kappa shape index (κ1) is 29.4. The first-order valence-electron chi connectivity index (χ1n) is 14.8. The number of aromatic nitrogens is 1. The number of carbonyl (C=O) groups is 3. The highest BCUT2D eigenvalue weighted by molar-refractivity contribution is 6.19. The van der Waals surface area contributed by atoms with Gasteiger partial charge in [-0.25, -0.2) is 4.79 Å². The lowest BCUT2D eigenvalue weighted by molar-refractivity contribution is 0.0341. The summed E-state index contributed by atoms with van der Waals surface area (Å²) in [6.07, 6.45) is 1.42. The van der Waals surface area contributed by atoms with Gasteiger partial charge in [-0.3, -0.25) is 24.9 Å². The number of carbonyl (C=O) groups excluding carboxylic acids is 3. The number of rotatable bonds is 9. The molecule has 6 rings (SSSR count). The monoisotopic (exact) mass is 590 g/mol. The van der Waals surface area contributed by atoms with Crippen molar-refractivity contribution in [3.8, 4) is 0 Å². The smallest absolute Gasteiger partial charge is 0.422 e. The number of fused-ring (bicyclic) bond motifs is 1. The fraction of sp³-hybridized carbons (Fsp3) is 0.257. The van der Waals surface area contributed by atoms with Crippen LogP contribution in [0.25, 0.3) is 0 Å². The number of ketones is 2. The topological polar surface area (TPSA) is 101 Å². The summed E-state index contributed by atoms with van der Waals surface area (Å²) >= 11 is 0. The number of morpholine rings is 1. The molecule has 224 valence electrons. The van der Waals surface area contributed by atoms with E-state index >= 15 is 0 Å². The van der Waals surface area contributed by atoms with Crippen LogP contribution in [0.15, 0.2) is 97.2 Å². The van der Waals surface area contributed by atoms with Crippen LogP contribution in [-0.4, -0.2) is 64.9 Å². The standard InChI is InChI=1S/C35H34N4O5/c40-33(30-20-27(18-25-8-3-1-4-9-25)19-28(21-30)22-38-14-16-43-17-15-38)32-34(41)31-29(12-7-13-36-31)23-39(32)37-35(42)44-24-26-10-5-2-6-11-26/h1-13,19-21,32H,14-18,22-24H2,(H,37,42). The highest BCUT2D eigenvalue weighted by Gasteiger charge is 2.41. The Morgan fingerprint density at radius 1 is 0.864 bits per heavy atom. The summed E-state index contributed by atoms with van der Waals surface area (Å²) in [5, 5.41) is 1.37. The lowest BCUT2D eigenvalue weighted by Crippen LogP contribution is -2.57. The van der Waals surface area contributed by atoms with Crippen molar-refractivity contribution < 1.29 is 23.9 Å². The van der Waals surface area contributed by atoms with Gasteiger partial charge >= 0.3 is 6.09 Å². The van der Waals surface area contributed by atoms with E-state index in [2.05, 4.69) is 33.5 Å². The molecule has 1 unspecified atom stereocenters. The minimum absolute atomic E-state index is 0.0532. The molecule has 1 amide bonds. The summed E-state index contributed by atoms with van der Waals surface area (Å²) in [6, 6.07) is 27.4. The van der Waals surface area contributed by atoms with Gasteiger partial charge in [-0.15, -0.1) is 0 Å². The van der Waals surface area contributed by atoms with Crippen LogP contribution in [0, 0.1) is 0 Å². The second-order valence-corrected chi connectivity index (χ2v) is 11.0. The molecule has 2 aliphatic rings. The number of hydrazine groups is 1. The zero-order valence-electron chi connectivity index (χ0n) is 24.4. The van der Waals surface area contributed by atoms with E-state index in [0.717, 1.165) is 35.3 Å². The SMILES string of the molecule is O=C(NN1Cc2cccnc2C(=O)C1C(=O)c1cc(Cc2ccccc2)cc(CN2CCOCC2)c1)OCc1ccccc1. The van der Waals surface area contributed by atoms with Crippen LogP contribution in [-0.2, 0) is 35.6 Å². The molecule has 3 heterocycles. The lowest BCUT2D eigenvalue weighted by Gasteiger charge is -2.34. The predicted octanol–water partition coefficient (Wildman–Crippen LogP) is 4.60. The quantitative estimate of drug-likeness (QED) is 0.223. The lowest BCUT2D eigenvalue weighted by atomic mass is 9.90. The molecule has 2 aliphatic heterocycles. The molecule has 1 atom stereocenters. The highest BCUT2D eigenvalue weighted by atomic mass is 16.6. The van der Waals surface area contributed by atoms with Crippen molar-refractivity contribution in [3.63, 3.8) is 0 Å². The summed E-state index contributed by atoms with van der Waals surface area (Å²) in [4.78, 5) is 47.7. The van der Waals surface area contributed by atoms with Crippen molar-refractivity contribution in [3.05, 3.63) is 136 Å². The minimum atomic E-state index is -1.30.